The summed E-state index contributed by atoms with van der Waals surface area (Å²) in [6.07, 6.45) is 0. The van der Waals surface area contributed by atoms with Crippen LogP contribution in [0.2, 0.25) is 0 Å². The van der Waals surface area contributed by atoms with Gasteiger partial charge in [-0.2, -0.15) is 0 Å². The first-order chi connectivity index (χ1) is 8.24. The standard InChI is InChI=1S/C13H20N2O2/c1-14-4-10-6-15(7-11(10)5-14)8-12-2-3-13(9-16)17-12/h2-3,10-11,16H,4-9H2,1H3. The van der Waals surface area contributed by atoms with Crippen LogP contribution in [0.1, 0.15) is 11.5 Å². The first-order valence-electron chi connectivity index (χ1n) is 6.34. The van der Waals surface area contributed by atoms with Crippen LogP contribution >= 0.6 is 0 Å². The van der Waals surface area contributed by atoms with Gasteiger partial charge in [0.05, 0.1) is 6.54 Å². The Bertz CT molecular complexity index is 377. The number of fused-ring (bicyclic) bond motifs is 1. The average Bonchev–Trinajstić information content (AvgIpc) is 2.93. The van der Waals surface area contributed by atoms with Gasteiger partial charge in [-0.25, -0.2) is 0 Å². The second kappa shape index (κ2) is 4.44. The molecule has 4 heteroatoms. The molecular weight excluding hydrogens is 216 g/mol. The Morgan fingerprint density at radius 1 is 1.18 bits per heavy atom. The van der Waals surface area contributed by atoms with E-state index in [1.165, 1.54) is 26.2 Å². The van der Waals surface area contributed by atoms with Gasteiger partial charge in [0.1, 0.15) is 18.1 Å². The molecule has 0 amide bonds. The van der Waals surface area contributed by atoms with Crippen molar-refractivity contribution in [2.45, 2.75) is 13.2 Å². The fourth-order valence-electron chi connectivity index (χ4n) is 3.27. The predicted molar refractivity (Wildman–Crippen MR) is 64.4 cm³/mol. The van der Waals surface area contributed by atoms with Crippen molar-refractivity contribution >= 4 is 0 Å². The van der Waals surface area contributed by atoms with E-state index in [0.717, 1.165) is 24.1 Å². The van der Waals surface area contributed by atoms with E-state index in [1.807, 2.05) is 12.1 Å². The molecule has 2 fully saturated rings. The van der Waals surface area contributed by atoms with Crippen LogP contribution < -0.4 is 0 Å². The first-order valence-corrected chi connectivity index (χ1v) is 6.34. The molecule has 0 radical (unpaired) electrons. The topological polar surface area (TPSA) is 39.9 Å². The smallest absolute Gasteiger partial charge is 0.129 e. The second-order valence-electron chi connectivity index (χ2n) is 5.46. The van der Waals surface area contributed by atoms with Crippen molar-refractivity contribution in [3.05, 3.63) is 23.7 Å². The molecule has 0 aromatic carbocycles. The molecule has 4 nitrogen and oxygen atoms in total. The number of nitrogens with zero attached hydrogens (tertiary/aromatic N) is 2. The average molecular weight is 236 g/mol. The Morgan fingerprint density at radius 3 is 2.41 bits per heavy atom. The van der Waals surface area contributed by atoms with Crippen molar-refractivity contribution in [2.24, 2.45) is 11.8 Å². The van der Waals surface area contributed by atoms with Gasteiger partial charge in [0.2, 0.25) is 0 Å². The molecule has 1 aromatic heterocycles. The summed E-state index contributed by atoms with van der Waals surface area (Å²) in [4.78, 5) is 4.91. The molecule has 0 bridgehead atoms. The van der Waals surface area contributed by atoms with Crippen molar-refractivity contribution < 1.29 is 9.52 Å². The lowest BCUT2D eigenvalue weighted by molar-refractivity contribution is 0.224. The maximum absolute atomic E-state index is 8.96. The zero-order valence-corrected chi connectivity index (χ0v) is 10.3. The predicted octanol–water partition coefficient (Wildman–Crippen LogP) is 0.765. The van der Waals surface area contributed by atoms with E-state index >= 15 is 0 Å². The molecule has 0 saturated carbocycles. The van der Waals surface area contributed by atoms with Crippen molar-refractivity contribution in [3.63, 3.8) is 0 Å². The third kappa shape index (κ3) is 2.25. The molecular formula is C13H20N2O2. The minimum atomic E-state index is -0.00392. The number of aliphatic hydroxyl groups is 1. The van der Waals surface area contributed by atoms with Gasteiger partial charge in [-0.1, -0.05) is 0 Å². The fraction of sp³-hybridized carbons (Fsp3) is 0.692. The van der Waals surface area contributed by atoms with Gasteiger partial charge in [-0.3, -0.25) is 4.90 Å². The molecule has 17 heavy (non-hydrogen) atoms. The number of furan rings is 1. The van der Waals surface area contributed by atoms with Gasteiger partial charge < -0.3 is 14.4 Å². The van der Waals surface area contributed by atoms with Crippen LogP contribution in [-0.4, -0.2) is 48.1 Å². The third-order valence-corrected chi connectivity index (χ3v) is 4.00. The summed E-state index contributed by atoms with van der Waals surface area (Å²) in [5, 5.41) is 8.96. The summed E-state index contributed by atoms with van der Waals surface area (Å²) in [5.41, 5.74) is 0. The van der Waals surface area contributed by atoms with Gasteiger partial charge in [0, 0.05) is 26.2 Å². The highest BCUT2D eigenvalue weighted by Crippen LogP contribution is 2.31. The first kappa shape index (κ1) is 11.3. The number of hydrogen-bond acceptors (Lipinski definition) is 4. The number of likely N-dealkylation sites (tertiary alicyclic amines) is 2. The molecule has 3 rings (SSSR count). The highest BCUT2D eigenvalue weighted by atomic mass is 16.4. The normalized spacial score (nSPS) is 30.0. The van der Waals surface area contributed by atoms with E-state index in [1.54, 1.807) is 0 Å². The second-order valence-corrected chi connectivity index (χ2v) is 5.46. The monoisotopic (exact) mass is 236 g/mol. The Morgan fingerprint density at radius 2 is 1.82 bits per heavy atom. The van der Waals surface area contributed by atoms with Gasteiger partial charge in [0.25, 0.3) is 0 Å². The molecule has 2 unspecified atom stereocenters. The van der Waals surface area contributed by atoms with Crippen molar-refractivity contribution in [1.82, 2.24) is 9.80 Å². The van der Waals surface area contributed by atoms with E-state index in [0.29, 0.717) is 5.76 Å². The highest BCUT2D eigenvalue weighted by Gasteiger charge is 2.38. The Balaban J connectivity index is 1.57. The van der Waals surface area contributed by atoms with E-state index in [2.05, 4.69) is 16.8 Å². The van der Waals surface area contributed by atoms with Crippen LogP contribution in [0.15, 0.2) is 16.5 Å². The van der Waals surface area contributed by atoms with Crippen LogP contribution in [0.4, 0.5) is 0 Å². The van der Waals surface area contributed by atoms with Gasteiger partial charge in [-0.05, 0) is 31.0 Å². The molecule has 1 aromatic rings. The maximum Gasteiger partial charge on any atom is 0.129 e. The van der Waals surface area contributed by atoms with E-state index in [4.69, 9.17) is 9.52 Å². The number of hydrogen-bond donors (Lipinski definition) is 1. The number of aliphatic hydroxyl groups excluding tert-OH is 1. The maximum atomic E-state index is 8.96. The zero-order valence-electron chi connectivity index (χ0n) is 10.3. The molecule has 0 aliphatic carbocycles. The molecule has 2 saturated heterocycles. The van der Waals surface area contributed by atoms with Crippen LogP contribution in [-0.2, 0) is 13.2 Å². The molecule has 3 heterocycles. The van der Waals surface area contributed by atoms with Gasteiger partial charge >= 0.3 is 0 Å². The largest absolute Gasteiger partial charge is 0.462 e. The van der Waals surface area contributed by atoms with Crippen LogP contribution in [0.5, 0.6) is 0 Å². The Labute approximate surface area is 102 Å². The summed E-state index contributed by atoms with van der Waals surface area (Å²) < 4.78 is 5.54. The molecule has 0 spiro atoms. The molecule has 2 aliphatic heterocycles. The highest BCUT2D eigenvalue weighted by molar-refractivity contribution is 5.07. The number of rotatable bonds is 3. The van der Waals surface area contributed by atoms with Crippen molar-refractivity contribution in [2.75, 3.05) is 33.2 Å². The van der Waals surface area contributed by atoms with Crippen LogP contribution in [0.25, 0.3) is 0 Å². The molecule has 1 N–H and O–H groups in total. The zero-order chi connectivity index (χ0) is 11.8. The molecule has 2 aliphatic rings. The summed E-state index contributed by atoms with van der Waals surface area (Å²) in [6, 6.07) is 3.84. The lowest BCUT2D eigenvalue weighted by Crippen LogP contribution is -2.26. The van der Waals surface area contributed by atoms with Gasteiger partial charge in [-0.15, -0.1) is 0 Å². The van der Waals surface area contributed by atoms with Crippen LogP contribution in [0.3, 0.4) is 0 Å². The van der Waals surface area contributed by atoms with Gasteiger partial charge in [0.15, 0.2) is 0 Å². The van der Waals surface area contributed by atoms with E-state index in [-0.39, 0.29) is 6.61 Å². The Hall–Kier alpha value is -0.840. The third-order valence-electron chi connectivity index (χ3n) is 4.00. The quantitative estimate of drug-likeness (QED) is 0.841. The fourth-order valence-corrected chi connectivity index (χ4v) is 3.27. The summed E-state index contributed by atoms with van der Waals surface area (Å²) >= 11 is 0. The lowest BCUT2D eigenvalue weighted by atomic mass is 10.0. The Kier molecular flexibility index (Phi) is 2.94. The van der Waals surface area contributed by atoms with Crippen molar-refractivity contribution in [3.8, 4) is 0 Å². The summed E-state index contributed by atoms with van der Waals surface area (Å²) in [5.74, 6) is 3.32. The minimum absolute atomic E-state index is 0.00392. The van der Waals surface area contributed by atoms with Crippen LogP contribution in [0, 0.1) is 11.8 Å². The minimum Gasteiger partial charge on any atom is -0.462 e. The molecule has 2 atom stereocenters. The van der Waals surface area contributed by atoms with E-state index in [9.17, 15) is 0 Å². The summed E-state index contributed by atoms with van der Waals surface area (Å²) in [7, 11) is 2.21. The SMILES string of the molecule is CN1CC2CN(Cc3ccc(CO)o3)CC2C1. The van der Waals surface area contributed by atoms with E-state index < -0.39 is 0 Å². The summed E-state index contributed by atoms with van der Waals surface area (Å²) in [6.45, 7) is 5.73. The molecule has 94 valence electrons. The van der Waals surface area contributed by atoms with Crippen molar-refractivity contribution in [1.29, 1.82) is 0 Å². The lowest BCUT2D eigenvalue weighted by Gasteiger charge is -2.17.